The number of amides is 3. The second-order valence-corrected chi connectivity index (χ2v) is 10.0. The molecule has 1 saturated heterocycles. The standard InChI is InChI=1S/C30H35ClN4O5/c1-4-14-35-25(26(29(37)40-5-2)27(32-30(35)38)21-10-12-23(31)13-11-21)20-33-15-7-16-34(18-17-33)28(36)22-8-6-9-24(19-22)39-3/h4,6,8-13,19,27H,1,5,7,14-18,20H2,2-3H3,(H,32,38). The molecule has 0 aliphatic carbocycles. The Bertz CT molecular complexity index is 1280. The Morgan fingerprint density at radius 3 is 2.60 bits per heavy atom. The maximum atomic E-state index is 13.4. The topological polar surface area (TPSA) is 91.4 Å². The minimum absolute atomic E-state index is 0.0553. The number of nitrogens with zero attached hydrogens (tertiary/aromatic N) is 3. The number of carbonyl (C=O) groups is 3. The molecule has 4 rings (SSSR count). The van der Waals surface area contributed by atoms with Crippen LogP contribution in [-0.4, -0.2) is 85.6 Å². The molecule has 1 unspecified atom stereocenters. The molecule has 40 heavy (non-hydrogen) atoms. The van der Waals surface area contributed by atoms with Gasteiger partial charge in [-0.15, -0.1) is 6.58 Å². The fourth-order valence-corrected chi connectivity index (χ4v) is 5.16. The first kappa shape index (κ1) is 29.2. The van der Waals surface area contributed by atoms with Crippen molar-refractivity contribution in [3.05, 3.63) is 88.6 Å². The highest BCUT2D eigenvalue weighted by atomic mass is 35.5. The van der Waals surface area contributed by atoms with Crippen molar-refractivity contribution < 1.29 is 23.9 Å². The van der Waals surface area contributed by atoms with Crippen LogP contribution in [0.2, 0.25) is 5.02 Å². The Morgan fingerprint density at radius 2 is 1.90 bits per heavy atom. The van der Waals surface area contributed by atoms with Gasteiger partial charge in [0.2, 0.25) is 0 Å². The second kappa shape index (κ2) is 13.5. The number of esters is 1. The van der Waals surface area contributed by atoms with E-state index in [2.05, 4.69) is 16.8 Å². The van der Waals surface area contributed by atoms with Crippen molar-refractivity contribution in [2.24, 2.45) is 0 Å². The van der Waals surface area contributed by atoms with Gasteiger partial charge in [-0.05, 0) is 49.2 Å². The summed E-state index contributed by atoms with van der Waals surface area (Å²) in [5.41, 5.74) is 2.24. The van der Waals surface area contributed by atoms with Gasteiger partial charge >= 0.3 is 12.0 Å². The quantitative estimate of drug-likeness (QED) is 0.360. The summed E-state index contributed by atoms with van der Waals surface area (Å²) in [5, 5.41) is 3.52. The lowest BCUT2D eigenvalue weighted by atomic mass is 9.94. The third kappa shape index (κ3) is 6.66. The molecule has 1 N–H and O–H groups in total. The van der Waals surface area contributed by atoms with E-state index in [0.29, 0.717) is 60.3 Å². The van der Waals surface area contributed by atoms with Crippen molar-refractivity contribution in [2.75, 3.05) is 53.0 Å². The lowest BCUT2D eigenvalue weighted by molar-refractivity contribution is -0.139. The predicted octanol–water partition coefficient (Wildman–Crippen LogP) is 4.27. The summed E-state index contributed by atoms with van der Waals surface area (Å²) in [6.45, 7) is 8.69. The molecule has 2 aliphatic heterocycles. The van der Waals surface area contributed by atoms with E-state index in [1.54, 1.807) is 62.6 Å². The number of nitrogens with one attached hydrogen (secondary N) is 1. The molecule has 0 aromatic heterocycles. The molecule has 0 spiro atoms. The molecule has 0 bridgehead atoms. The molecule has 212 valence electrons. The summed E-state index contributed by atoms with van der Waals surface area (Å²) in [4.78, 5) is 45.5. The zero-order chi connectivity index (χ0) is 28.6. The molecule has 3 amide bonds. The first-order valence-electron chi connectivity index (χ1n) is 13.4. The minimum Gasteiger partial charge on any atom is -0.497 e. The van der Waals surface area contributed by atoms with Crippen LogP contribution >= 0.6 is 11.6 Å². The van der Waals surface area contributed by atoms with E-state index in [0.717, 1.165) is 12.0 Å². The van der Waals surface area contributed by atoms with Gasteiger partial charge in [0, 0.05) is 55.6 Å². The number of methoxy groups -OCH3 is 1. The smallest absolute Gasteiger partial charge is 0.338 e. The van der Waals surface area contributed by atoms with Crippen LogP contribution in [0.25, 0.3) is 0 Å². The molecule has 10 heteroatoms. The molecule has 1 atom stereocenters. The van der Waals surface area contributed by atoms with E-state index in [4.69, 9.17) is 21.1 Å². The zero-order valence-electron chi connectivity index (χ0n) is 22.9. The highest BCUT2D eigenvalue weighted by Gasteiger charge is 2.38. The van der Waals surface area contributed by atoms with Gasteiger partial charge in [-0.1, -0.05) is 35.9 Å². The number of carbonyl (C=O) groups excluding carboxylic acids is 3. The van der Waals surface area contributed by atoms with Crippen molar-refractivity contribution >= 4 is 29.5 Å². The highest BCUT2D eigenvalue weighted by molar-refractivity contribution is 6.30. The van der Waals surface area contributed by atoms with E-state index < -0.39 is 12.0 Å². The van der Waals surface area contributed by atoms with E-state index in [1.165, 1.54) is 4.90 Å². The van der Waals surface area contributed by atoms with Crippen LogP contribution in [0, 0.1) is 0 Å². The van der Waals surface area contributed by atoms with Crippen LogP contribution in [0.4, 0.5) is 4.79 Å². The molecule has 0 radical (unpaired) electrons. The Kier molecular flexibility index (Phi) is 9.84. The molecular formula is C30H35ClN4O5. The van der Waals surface area contributed by atoms with Gasteiger partial charge in [0.15, 0.2) is 0 Å². The van der Waals surface area contributed by atoms with Crippen LogP contribution in [0.15, 0.2) is 72.5 Å². The summed E-state index contributed by atoms with van der Waals surface area (Å²) >= 11 is 6.10. The van der Waals surface area contributed by atoms with Gasteiger partial charge in [-0.2, -0.15) is 0 Å². The minimum atomic E-state index is -0.696. The fraction of sp³-hybridized carbons (Fsp3) is 0.367. The van der Waals surface area contributed by atoms with Crippen molar-refractivity contribution in [2.45, 2.75) is 19.4 Å². The van der Waals surface area contributed by atoms with Gasteiger partial charge in [-0.25, -0.2) is 9.59 Å². The zero-order valence-corrected chi connectivity index (χ0v) is 23.7. The van der Waals surface area contributed by atoms with Crippen molar-refractivity contribution in [1.82, 2.24) is 20.0 Å². The van der Waals surface area contributed by atoms with E-state index in [1.807, 2.05) is 11.0 Å². The molecule has 2 aromatic carbocycles. The third-order valence-corrected chi connectivity index (χ3v) is 7.27. The molecule has 1 fully saturated rings. The number of hydrogen-bond donors (Lipinski definition) is 1. The lowest BCUT2D eigenvalue weighted by Gasteiger charge is -2.38. The van der Waals surface area contributed by atoms with Crippen molar-refractivity contribution in [3.8, 4) is 5.75 Å². The molecule has 2 heterocycles. The van der Waals surface area contributed by atoms with Crippen LogP contribution < -0.4 is 10.1 Å². The Morgan fingerprint density at radius 1 is 1.12 bits per heavy atom. The monoisotopic (exact) mass is 566 g/mol. The SMILES string of the molecule is C=CCN1C(=O)NC(c2ccc(Cl)cc2)C(C(=O)OCC)=C1CN1CCCN(C(=O)c2cccc(OC)c2)CC1. The average molecular weight is 567 g/mol. The summed E-state index contributed by atoms with van der Waals surface area (Å²) in [7, 11) is 1.57. The highest BCUT2D eigenvalue weighted by Crippen LogP contribution is 2.33. The van der Waals surface area contributed by atoms with E-state index >= 15 is 0 Å². The normalized spacial score (nSPS) is 18.2. The number of rotatable bonds is 9. The summed E-state index contributed by atoms with van der Waals surface area (Å²) in [5.74, 6) is 0.0883. The van der Waals surface area contributed by atoms with Crippen LogP contribution in [0.5, 0.6) is 5.75 Å². The molecule has 9 nitrogen and oxygen atoms in total. The summed E-state index contributed by atoms with van der Waals surface area (Å²) < 4.78 is 10.7. The molecule has 2 aliphatic rings. The first-order chi connectivity index (χ1) is 19.4. The predicted molar refractivity (Wildman–Crippen MR) is 153 cm³/mol. The Hall–Kier alpha value is -3.82. The summed E-state index contributed by atoms with van der Waals surface area (Å²) in [6.07, 6.45) is 2.37. The van der Waals surface area contributed by atoms with E-state index in [9.17, 15) is 14.4 Å². The van der Waals surface area contributed by atoms with Crippen LogP contribution in [0.3, 0.4) is 0 Å². The maximum absolute atomic E-state index is 13.4. The van der Waals surface area contributed by atoms with Crippen LogP contribution in [0.1, 0.15) is 35.3 Å². The molecule has 2 aromatic rings. The first-order valence-corrected chi connectivity index (χ1v) is 13.7. The number of hydrogen-bond acceptors (Lipinski definition) is 6. The number of benzene rings is 2. The Labute approximate surface area is 240 Å². The van der Waals surface area contributed by atoms with Crippen molar-refractivity contribution in [1.29, 1.82) is 0 Å². The second-order valence-electron chi connectivity index (χ2n) is 9.57. The maximum Gasteiger partial charge on any atom is 0.338 e. The molecular weight excluding hydrogens is 532 g/mol. The molecule has 0 saturated carbocycles. The average Bonchev–Trinajstić information content (AvgIpc) is 3.20. The number of halogens is 1. The fourth-order valence-electron chi connectivity index (χ4n) is 5.03. The third-order valence-electron chi connectivity index (χ3n) is 7.01. The van der Waals surface area contributed by atoms with Crippen molar-refractivity contribution in [3.63, 3.8) is 0 Å². The lowest BCUT2D eigenvalue weighted by Crippen LogP contribution is -2.51. The number of ether oxygens (including phenoxy) is 2. The van der Waals surface area contributed by atoms with Gasteiger partial charge < -0.3 is 19.7 Å². The van der Waals surface area contributed by atoms with Crippen LogP contribution in [-0.2, 0) is 9.53 Å². The number of urea groups is 1. The van der Waals surface area contributed by atoms with E-state index in [-0.39, 0.29) is 25.1 Å². The van der Waals surface area contributed by atoms with Gasteiger partial charge in [0.1, 0.15) is 5.75 Å². The Balaban J connectivity index is 1.63. The van der Waals surface area contributed by atoms with Gasteiger partial charge in [0.05, 0.1) is 25.3 Å². The van der Waals surface area contributed by atoms with Gasteiger partial charge in [-0.3, -0.25) is 14.6 Å². The largest absolute Gasteiger partial charge is 0.497 e. The summed E-state index contributed by atoms with van der Waals surface area (Å²) in [6, 6.07) is 13.2. The van der Waals surface area contributed by atoms with Gasteiger partial charge in [0.25, 0.3) is 5.91 Å².